The zero-order valence-electron chi connectivity index (χ0n) is 17.2. The lowest BCUT2D eigenvalue weighted by Gasteiger charge is -2.13. The normalized spacial score (nSPS) is 11.6. The number of nitrogens with one attached hydrogen (secondary N) is 1. The summed E-state index contributed by atoms with van der Waals surface area (Å²) in [5.74, 6) is 1.23. The molecular formula is C19H26N4O5S. The van der Waals surface area contributed by atoms with Gasteiger partial charge in [-0.25, -0.2) is 0 Å². The van der Waals surface area contributed by atoms with Gasteiger partial charge >= 0.3 is 5.97 Å². The number of hydrogen-bond donors (Lipinski definition) is 1. The molecule has 10 heteroatoms. The SMILES string of the molecule is CCOC(=O)Cc1nnc(S[C@H](C)C(=O)NCc2ccc(OC)c(OC)c2)n1C. The minimum absolute atomic E-state index is 0.0395. The molecule has 0 aliphatic heterocycles. The number of carbonyl (C=O) groups excluding carboxylic acids is 2. The van der Waals surface area contributed by atoms with Crippen LogP contribution in [0.25, 0.3) is 0 Å². The molecule has 0 aliphatic carbocycles. The third-order valence-electron chi connectivity index (χ3n) is 4.10. The first-order valence-electron chi connectivity index (χ1n) is 9.08. The summed E-state index contributed by atoms with van der Waals surface area (Å²) in [7, 11) is 4.89. The first-order valence-corrected chi connectivity index (χ1v) is 9.96. The molecule has 0 saturated heterocycles. The van der Waals surface area contributed by atoms with Gasteiger partial charge in [0.05, 0.1) is 26.1 Å². The summed E-state index contributed by atoms with van der Waals surface area (Å²) in [4.78, 5) is 24.1. The van der Waals surface area contributed by atoms with Crippen LogP contribution in [0.15, 0.2) is 23.4 Å². The number of esters is 1. The molecule has 1 N–H and O–H groups in total. The van der Waals surface area contributed by atoms with E-state index in [0.717, 1.165) is 5.56 Å². The molecule has 0 aliphatic rings. The zero-order chi connectivity index (χ0) is 21.4. The molecular weight excluding hydrogens is 396 g/mol. The van der Waals surface area contributed by atoms with Crippen molar-refractivity contribution in [3.8, 4) is 11.5 Å². The summed E-state index contributed by atoms with van der Waals surface area (Å²) in [5.41, 5.74) is 0.892. The van der Waals surface area contributed by atoms with E-state index in [2.05, 4.69) is 15.5 Å². The monoisotopic (exact) mass is 422 g/mol. The fraction of sp³-hybridized carbons (Fsp3) is 0.474. The van der Waals surface area contributed by atoms with E-state index in [0.29, 0.717) is 35.6 Å². The van der Waals surface area contributed by atoms with E-state index in [4.69, 9.17) is 14.2 Å². The maximum atomic E-state index is 12.5. The van der Waals surface area contributed by atoms with Crippen LogP contribution in [0, 0.1) is 0 Å². The molecule has 2 aromatic rings. The van der Waals surface area contributed by atoms with Crippen molar-refractivity contribution >= 4 is 23.6 Å². The highest BCUT2D eigenvalue weighted by atomic mass is 32.2. The summed E-state index contributed by atoms with van der Waals surface area (Å²) >= 11 is 1.27. The molecule has 0 unspecified atom stereocenters. The van der Waals surface area contributed by atoms with E-state index in [-0.39, 0.29) is 18.3 Å². The molecule has 1 aromatic heterocycles. The number of ether oxygens (including phenoxy) is 3. The second-order valence-corrected chi connectivity index (χ2v) is 7.41. The van der Waals surface area contributed by atoms with E-state index < -0.39 is 5.25 Å². The Bertz CT molecular complexity index is 855. The highest BCUT2D eigenvalue weighted by molar-refractivity contribution is 8.00. The summed E-state index contributed by atoms with van der Waals surface area (Å²) in [6.45, 7) is 4.21. The number of hydrogen-bond acceptors (Lipinski definition) is 8. The van der Waals surface area contributed by atoms with Crippen molar-refractivity contribution in [2.24, 2.45) is 7.05 Å². The fourth-order valence-electron chi connectivity index (χ4n) is 2.48. The van der Waals surface area contributed by atoms with Crippen LogP contribution in [0.3, 0.4) is 0 Å². The Hall–Kier alpha value is -2.75. The molecule has 158 valence electrons. The minimum Gasteiger partial charge on any atom is -0.493 e. The highest BCUT2D eigenvalue weighted by Gasteiger charge is 2.20. The molecule has 1 heterocycles. The van der Waals surface area contributed by atoms with E-state index >= 15 is 0 Å². The number of rotatable bonds is 10. The van der Waals surface area contributed by atoms with Crippen LogP contribution in [0.4, 0.5) is 0 Å². The van der Waals surface area contributed by atoms with Gasteiger partial charge < -0.3 is 24.1 Å². The van der Waals surface area contributed by atoms with Crippen LogP contribution in [0.2, 0.25) is 0 Å². The molecule has 0 bridgehead atoms. The molecule has 0 radical (unpaired) electrons. The van der Waals surface area contributed by atoms with Gasteiger partial charge in [-0.15, -0.1) is 10.2 Å². The second kappa shape index (κ2) is 10.7. The quantitative estimate of drug-likeness (QED) is 0.456. The van der Waals surface area contributed by atoms with Gasteiger partial charge in [-0.1, -0.05) is 17.8 Å². The van der Waals surface area contributed by atoms with Crippen LogP contribution in [0.5, 0.6) is 11.5 Å². The topological polar surface area (TPSA) is 105 Å². The van der Waals surface area contributed by atoms with E-state index in [1.807, 2.05) is 12.1 Å². The van der Waals surface area contributed by atoms with Gasteiger partial charge in [0.25, 0.3) is 0 Å². The van der Waals surface area contributed by atoms with Gasteiger partial charge in [0, 0.05) is 13.6 Å². The summed E-state index contributed by atoms with van der Waals surface area (Å²) in [6.07, 6.45) is 0.0395. The Kier molecular flexibility index (Phi) is 8.32. The van der Waals surface area contributed by atoms with Crippen molar-refractivity contribution in [1.29, 1.82) is 0 Å². The Morgan fingerprint density at radius 1 is 1.21 bits per heavy atom. The van der Waals surface area contributed by atoms with Gasteiger partial charge in [-0.2, -0.15) is 0 Å². The van der Waals surface area contributed by atoms with Crippen molar-refractivity contribution < 1.29 is 23.8 Å². The van der Waals surface area contributed by atoms with Crippen molar-refractivity contribution in [3.63, 3.8) is 0 Å². The van der Waals surface area contributed by atoms with Crippen molar-refractivity contribution in [3.05, 3.63) is 29.6 Å². The maximum absolute atomic E-state index is 12.5. The van der Waals surface area contributed by atoms with Crippen molar-refractivity contribution in [2.75, 3.05) is 20.8 Å². The number of nitrogens with zero attached hydrogens (tertiary/aromatic N) is 3. The summed E-state index contributed by atoms with van der Waals surface area (Å²) < 4.78 is 17.1. The molecule has 29 heavy (non-hydrogen) atoms. The van der Waals surface area contributed by atoms with Gasteiger partial charge in [-0.3, -0.25) is 9.59 Å². The third kappa shape index (κ3) is 6.11. The number of amides is 1. The first kappa shape index (κ1) is 22.5. The fourth-order valence-corrected chi connectivity index (χ4v) is 3.34. The van der Waals surface area contributed by atoms with E-state index in [1.165, 1.54) is 11.8 Å². The van der Waals surface area contributed by atoms with Gasteiger partial charge in [0.2, 0.25) is 5.91 Å². The number of methoxy groups -OCH3 is 2. The standard InChI is InChI=1S/C19H26N4O5S/c1-6-28-17(24)10-16-21-22-19(23(16)3)29-12(2)18(25)20-11-13-7-8-14(26-4)15(9-13)27-5/h7-9,12H,6,10-11H2,1-5H3,(H,20,25)/t12-/m1/s1. The molecule has 0 saturated carbocycles. The third-order valence-corrected chi connectivity index (χ3v) is 5.23. The lowest BCUT2D eigenvalue weighted by atomic mass is 10.2. The number of aromatic nitrogens is 3. The predicted octanol–water partition coefficient (Wildman–Crippen LogP) is 1.73. The van der Waals surface area contributed by atoms with Gasteiger partial charge in [0.15, 0.2) is 16.7 Å². The van der Waals surface area contributed by atoms with Gasteiger partial charge in [0.1, 0.15) is 12.2 Å². The molecule has 1 amide bonds. The van der Waals surface area contributed by atoms with Crippen molar-refractivity contribution in [1.82, 2.24) is 20.1 Å². The summed E-state index contributed by atoms with van der Waals surface area (Å²) in [6, 6.07) is 5.48. The second-order valence-electron chi connectivity index (χ2n) is 6.11. The first-order chi connectivity index (χ1) is 13.9. The highest BCUT2D eigenvalue weighted by Crippen LogP contribution is 2.27. The van der Waals surface area contributed by atoms with Crippen LogP contribution < -0.4 is 14.8 Å². The van der Waals surface area contributed by atoms with E-state index in [9.17, 15) is 9.59 Å². The van der Waals surface area contributed by atoms with Crippen LogP contribution in [-0.4, -0.2) is 52.7 Å². The van der Waals surface area contributed by atoms with Crippen molar-refractivity contribution in [2.45, 2.75) is 37.2 Å². The number of benzene rings is 1. The predicted molar refractivity (Wildman–Crippen MR) is 108 cm³/mol. The van der Waals surface area contributed by atoms with Crippen LogP contribution >= 0.6 is 11.8 Å². The van der Waals surface area contributed by atoms with Crippen LogP contribution in [-0.2, 0) is 34.3 Å². The van der Waals surface area contributed by atoms with E-state index in [1.54, 1.807) is 45.7 Å². The average molecular weight is 423 g/mol. The number of carbonyl (C=O) groups is 2. The lowest BCUT2D eigenvalue weighted by Crippen LogP contribution is -2.30. The number of thioether (sulfide) groups is 1. The Balaban J connectivity index is 1.92. The Morgan fingerprint density at radius 2 is 1.93 bits per heavy atom. The summed E-state index contributed by atoms with van der Waals surface area (Å²) in [5, 5.41) is 11.1. The average Bonchev–Trinajstić information content (AvgIpc) is 3.05. The molecule has 0 fully saturated rings. The molecule has 9 nitrogen and oxygen atoms in total. The minimum atomic E-state index is -0.395. The lowest BCUT2D eigenvalue weighted by molar-refractivity contribution is -0.142. The smallest absolute Gasteiger partial charge is 0.313 e. The van der Waals surface area contributed by atoms with Crippen LogP contribution in [0.1, 0.15) is 25.2 Å². The largest absolute Gasteiger partial charge is 0.493 e. The Labute approximate surface area is 174 Å². The zero-order valence-corrected chi connectivity index (χ0v) is 18.0. The van der Waals surface area contributed by atoms with Gasteiger partial charge in [-0.05, 0) is 31.5 Å². The molecule has 1 atom stereocenters. The molecule has 0 spiro atoms. The molecule has 1 aromatic carbocycles. The maximum Gasteiger partial charge on any atom is 0.313 e. The molecule has 2 rings (SSSR count). The Morgan fingerprint density at radius 3 is 2.59 bits per heavy atom.